The summed E-state index contributed by atoms with van der Waals surface area (Å²) in [4.78, 5) is 0. The van der Waals surface area contributed by atoms with Gasteiger partial charge in [-0.1, -0.05) is 30.4 Å². The molecule has 0 amide bonds. The molecule has 0 atom stereocenters. The largest absolute Gasteiger partial charge is 0.382 e. The van der Waals surface area contributed by atoms with Crippen molar-refractivity contribution in [3.05, 3.63) is 55.1 Å². The molecule has 4 heteroatoms. The van der Waals surface area contributed by atoms with Crippen LogP contribution >= 0.6 is 0 Å². The quantitative estimate of drug-likeness (QED) is 0.564. The van der Waals surface area contributed by atoms with Crippen LogP contribution in [-0.4, -0.2) is 14.2 Å². The van der Waals surface area contributed by atoms with Crippen LogP contribution in [0.25, 0.3) is 0 Å². The van der Waals surface area contributed by atoms with Gasteiger partial charge in [-0.05, 0) is 18.1 Å². The van der Waals surface area contributed by atoms with Crippen molar-refractivity contribution < 1.29 is 12.6 Å². The van der Waals surface area contributed by atoms with Crippen LogP contribution in [0.4, 0.5) is 0 Å². The predicted octanol–water partition coefficient (Wildman–Crippen LogP) is 2.31. The Morgan fingerprint density at radius 1 is 1.19 bits per heavy atom. The average Bonchev–Trinajstić information content (AvgIpc) is 2.20. The van der Waals surface area contributed by atoms with Gasteiger partial charge in [0.1, 0.15) is 11.5 Å². The van der Waals surface area contributed by atoms with Crippen LogP contribution in [-0.2, 0) is 16.5 Å². The van der Waals surface area contributed by atoms with E-state index in [2.05, 4.69) is 13.2 Å². The predicted molar refractivity (Wildman–Crippen MR) is 65.0 cm³/mol. The van der Waals surface area contributed by atoms with Crippen molar-refractivity contribution in [3.63, 3.8) is 0 Å². The molecule has 1 aromatic carbocycles. The SMILES string of the molecule is C=CCc1ccccc1OS(=O)(=O)CC=C. The fraction of sp³-hybridized carbons (Fsp3) is 0.167. The number of allylic oxidation sites excluding steroid dienone is 1. The molecule has 16 heavy (non-hydrogen) atoms. The molecule has 0 radical (unpaired) electrons. The van der Waals surface area contributed by atoms with Crippen molar-refractivity contribution in [2.45, 2.75) is 6.42 Å². The Hall–Kier alpha value is -1.55. The normalized spacial score (nSPS) is 10.8. The Bertz CT molecular complexity index is 475. The Morgan fingerprint density at radius 2 is 1.88 bits per heavy atom. The highest BCUT2D eigenvalue weighted by molar-refractivity contribution is 7.87. The van der Waals surface area contributed by atoms with E-state index in [1.165, 1.54) is 6.08 Å². The lowest BCUT2D eigenvalue weighted by Gasteiger charge is -2.08. The molecule has 0 fully saturated rings. The number of hydrogen-bond donors (Lipinski definition) is 0. The van der Waals surface area contributed by atoms with Gasteiger partial charge in [0.2, 0.25) is 0 Å². The summed E-state index contributed by atoms with van der Waals surface area (Å²) in [5, 5.41) is 0. The molecule has 0 aromatic heterocycles. The van der Waals surface area contributed by atoms with E-state index >= 15 is 0 Å². The average molecular weight is 238 g/mol. The van der Waals surface area contributed by atoms with E-state index in [-0.39, 0.29) is 5.75 Å². The maximum absolute atomic E-state index is 11.4. The van der Waals surface area contributed by atoms with Crippen molar-refractivity contribution >= 4 is 10.1 Å². The maximum Gasteiger partial charge on any atom is 0.312 e. The Labute approximate surface area is 96.2 Å². The molecule has 3 nitrogen and oxygen atoms in total. The highest BCUT2D eigenvalue weighted by Gasteiger charge is 2.12. The molecule has 1 aromatic rings. The molecule has 0 N–H and O–H groups in total. The van der Waals surface area contributed by atoms with Gasteiger partial charge in [-0.15, -0.1) is 13.2 Å². The van der Waals surface area contributed by atoms with Crippen LogP contribution in [0.15, 0.2) is 49.6 Å². The Kier molecular flexibility index (Phi) is 4.31. The van der Waals surface area contributed by atoms with Crippen LogP contribution in [0.3, 0.4) is 0 Å². The fourth-order valence-electron chi connectivity index (χ4n) is 1.22. The van der Waals surface area contributed by atoms with E-state index < -0.39 is 10.1 Å². The van der Waals surface area contributed by atoms with Crippen molar-refractivity contribution in [3.8, 4) is 5.75 Å². The smallest absolute Gasteiger partial charge is 0.312 e. The zero-order valence-electron chi connectivity index (χ0n) is 8.93. The first-order valence-corrected chi connectivity index (χ1v) is 6.38. The van der Waals surface area contributed by atoms with Gasteiger partial charge in [0, 0.05) is 0 Å². The molecule has 0 heterocycles. The number of hydrogen-bond acceptors (Lipinski definition) is 3. The summed E-state index contributed by atoms with van der Waals surface area (Å²) in [6.45, 7) is 6.98. The summed E-state index contributed by atoms with van der Waals surface area (Å²) in [7, 11) is -3.58. The van der Waals surface area contributed by atoms with E-state index in [9.17, 15) is 8.42 Å². The summed E-state index contributed by atoms with van der Waals surface area (Å²) in [6, 6.07) is 6.98. The molecular formula is C12H14O3S. The number of rotatable bonds is 6. The standard InChI is InChI=1S/C12H14O3S/c1-3-7-11-8-5-6-9-12(11)15-16(13,14)10-4-2/h3-6,8-9H,1-2,7,10H2. The molecule has 0 aliphatic rings. The lowest BCUT2D eigenvalue weighted by Crippen LogP contribution is -2.13. The molecule has 0 unspecified atom stereocenters. The van der Waals surface area contributed by atoms with Crippen molar-refractivity contribution in [2.24, 2.45) is 0 Å². The van der Waals surface area contributed by atoms with E-state index in [0.29, 0.717) is 12.2 Å². The lowest BCUT2D eigenvalue weighted by atomic mass is 10.1. The monoisotopic (exact) mass is 238 g/mol. The second kappa shape index (κ2) is 5.51. The van der Waals surface area contributed by atoms with Crippen LogP contribution in [0.2, 0.25) is 0 Å². The first kappa shape index (κ1) is 12.5. The molecular weight excluding hydrogens is 224 g/mol. The molecule has 0 saturated heterocycles. The molecule has 0 aliphatic carbocycles. The molecule has 0 aliphatic heterocycles. The topological polar surface area (TPSA) is 43.4 Å². The van der Waals surface area contributed by atoms with Gasteiger partial charge in [0.15, 0.2) is 0 Å². The van der Waals surface area contributed by atoms with Crippen LogP contribution < -0.4 is 4.18 Å². The maximum atomic E-state index is 11.4. The van der Waals surface area contributed by atoms with Gasteiger partial charge >= 0.3 is 10.1 Å². The van der Waals surface area contributed by atoms with Crippen LogP contribution in [0.1, 0.15) is 5.56 Å². The molecule has 86 valence electrons. The minimum atomic E-state index is -3.58. The van der Waals surface area contributed by atoms with E-state index in [4.69, 9.17) is 4.18 Å². The molecule has 0 saturated carbocycles. The Balaban J connectivity index is 2.96. The fourth-order valence-corrected chi connectivity index (χ4v) is 2.02. The third kappa shape index (κ3) is 3.55. The van der Waals surface area contributed by atoms with Gasteiger partial charge in [-0.2, -0.15) is 8.42 Å². The summed E-state index contributed by atoms with van der Waals surface area (Å²) in [5.74, 6) is 0.152. The first-order chi connectivity index (χ1) is 7.59. The highest BCUT2D eigenvalue weighted by atomic mass is 32.2. The van der Waals surface area contributed by atoms with Gasteiger partial charge in [-0.3, -0.25) is 0 Å². The minimum Gasteiger partial charge on any atom is -0.382 e. The summed E-state index contributed by atoms with van der Waals surface area (Å²) in [5.41, 5.74) is 0.796. The second-order valence-electron chi connectivity index (χ2n) is 3.20. The van der Waals surface area contributed by atoms with E-state index in [1.54, 1.807) is 24.3 Å². The van der Waals surface area contributed by atoms with Gasteiger partial charge < -0.3 is 4.18 Å². The molecule has 1 rings (SSSR count). The third-order valence-corrected chi connectivity index (χ3v) is 2.95. The van der Waals surface area contributed by atoms with Crippen molar-refractivity contribution in [1.82, 2.24) is 0 Å². The van der Waals surface area contributed by atoms with Gasteiger partial charge in [0.05, 0.1) is 0 Å². The number of para-hydroxylation sites is 1. The van der Waals surface area contributed by atoms with E-state index in [1.807, 2.05) is 6.07 Å². The van der Waals surface area contributed by atoms with Crippen LogP contribution in [0.5, 0.6) is 5.75 Å². The summed E-state index contributed by atoms with van der Waals surface area (Å²) < 4.78 is 27.9. The highest BCUT2D eigenvalue weighted by Crippen LogP contribution is 2.20. The van der Waals surface area contributed by atoms with Gasteiger partial charge in [-0.25, -0.2) is 0 Å². The second-order valence-corrected chi connectivity index (χ2v) is 4.81. The minimum absolute atomic E-state index is 0.199. The van der Waals surface area contributed by atoms with Gasteiger partial charge in [0.25, 0.3) is 0 Å². The molecule has 0 bridgehead atoms. The van der Waals surface area contributed by atoms with Crippen LogP contribution in [0, 0.1) is 0 Å². The lowest BCUT2D eigenvalue weighted by molar-refractivity contribution is 0.487. The zero-order valence-corrected chi connectivity index (χ0v) is 9.74. The van der Waals surface area contributed by atoms with E-state index in [0.717, 1.165) is 5.56 Å². The zero-order chi connectivity index (χ0) is 12.0. The molecule has 0 spiro atoms. The third-order valence-electron chi connectivity index (χ3n) is 1.88. The summed E-state index contributed by atoms with van der Waals surface area (Å²) in [6.07, 6.45) is 3.56. The van der Waals surface area contributed by atoms with Crippen molar-refractivity contribution in [2.75, 3.05) is 5.75 Å². The first-order valence-electron chi connectivity index (χ1n) is 4.81. The summed E-state index contributed by atoms with van der Waals surface area (Å²) >= 11 is 0. The number of benzene rings is 1. The van der Waals surface area contributed by atoms with Crippen molar-refractivity contribution in [1.29, 1.82) is 0 Å². The Morgan fingerprint density at radius 3 is 2.50 bits per heavy atom.